The van der Waals surface area contributed by atoms with Crippen molar-refractivity contribution in [1.29, 1.82) is 0 Å². The van der Waals surface area contributed by atoms with Gasteiger partial charge in [0.25, 0.3) is 0 Å². The van der Waals surface area contributed by atoms with Gasteiger partial charge in [0.05, 0.1) is 11.4 Å². The minimum atomic E-state index is -3.41. The Morgan fingerprint density at radius 2 is 1.94 bits per heavy atom. The zero-order chi connectivity index (χ0) is 13.2. The summed E-state index contributed by atoms with van der Waals surface area (Å²) in [6, 6.07) is 0. The second-order valence-electron chi connectivity index (χ2n) is 4.77. The number of sulfonamides is 1. The summed E-state index contributed by atoms with van der Waals surface area (Å²) >= 11 is 0. The van der Waals surface area contributed by atoms with Gasteiger partial charge in [0.2, 0.25) is 10.0 Å². The molecular formula is C11H21N3O2S. The van der Waals surface area contributed by atoms with Gasteiger partial charge >= 0.3 is 0 Å². The van der Waals surface area contributed by atoms with Crippen molar-refractivity contribution in [2.45, 2.75) is 39.0 Å². The van der Waals surface area contributed by atoms with Gasteiger partial charge in [-0.2, -0.15) is 5.10 Å². The molecule has 0 atom stereocenters. The molecule has 1 rings (SSSR count). The predicted molar refractivity (Wildman–Crippen MR) is 67.3 cm³/mol. The minimum absolute atomic E-state index is 0.309. The van der Waals surface area contributed by atoms with Crippen LogP contribution < -0.4 is 0 Å². The summed E-state index contributed by atoms with van der Waals surface area (Å²) in [7, 11) is -1.80. The highest BCUT2D eigenvalue weighted by Crippen LogP contribution is 2.21. The fourth-order valence-corrected chi connectivity index (χ4v) is 3.15. The molecule has 0 saturated heterocycles. The van der Waals surface area contributed by atoms with E-state index < -0.39 is 10.0 Å². The van der Waals surface area contributed by atoms with Crippen LogP contribution in [0.4, 0.5) is 0 Å². The Balaban J connectivity index is 2.96. The first-order valence-corrected chi connectivity index (χ1v) is 7.18. The standard InChI is InChI=1S/C11H21N3O2S/c1-8(2)6-7-14(5)17(15,16)11-9(3)12-13-10(11)4/h8H,6-7H2,1-5H3,(H,12,13). The Bertz CT molecular complexity index is 457. The second kappa shape index (κ2) is 5.18. The number of nitrogens with one attached hydrogen (secondary N) is 1. The summed E-state index contributed by atoms with van der Waals surface area (Å²) in [6.07, 6.45) is 0.853. The number of nitrogens with zero attached hydrogens (tertiary/aromatic N) is 2. The van der Waals surface area contributed by atoms with Gasteiger partial charge in [0.15, 0.2) is 0 Å². The van der Waals surface area contributed by atoms with Gasteiger partial charge in [-0.3, -0.25) is 5.10 Å². The van der Waals surface area contributed by atoms with Crippen LogP contribution in [0, 0.1) is 19.8 Å². The van der Waals surface area contributed by atoms with Crippen LogP contribution in [0.3, 0.4) is 0 Å². The number of H-pyrrole nitrogens is 1. The molecule has 0 aromatic carbocycles. The van der Waals surface area contributed by atoms with Crippen molar-refractivity contribution in [2.75, 3.05) is 13.6 Å². The van der Waals surface area contributed by atoms with Gasteiger partial charge < -0.3 is 0 Å². The van der Waals surface area contributed by atoms with E-state index in [4.69, 9.17) is 0 Å². The van der Waals surface area contributed by atoms with Crippen molar-refractivity contribution >= 4 is 10.0 Å². The summed E-state index contributed by atoms with van der Waals surface area (Å²) in [5.74, 6) is 0.485. The maximum atomic E-state index is 12.3. The number of aromatic amines is 1. The van der Waals surface area contributed by atoms with E-state index in [2.05, 4.69) is 24.0 Å². The first-order valence-electron chi connectivity index (χ1n) is 5.74. The van der Waals surface area contributed by atoms with E-state index in [1.807, 2.05) is 0 Å². The van der Waals surface area contributed by atoms with E-state index >= 15 is 0 Å². The predicted octanol–water partition coefficient (Wildman–Crippen LogP) is 1.69. The number of hydrogen-bond donors (Lipinski definition) is 1. The summed E-state index contributed by atoms with van der Waals surface area (Å²) in [6.45, 7) is 8.11. The lowest BCUT2D eigenvalue weighted by atomic mass is 10.1. The highest BCUT2D eigenvalue weighted by atomic mass is 32.2. The molecule has 6 heteroatoms. The first-order chi connectivity index (χ1) is 7.76. The Morgan fingerprint density at radius 3 is 2.35 bits per heavy atom. The quantitative estimate of drug-likeness (QED) is 0.875. The van der Waals surface area contributed by atoms with Crippen LogP contribution in [-0.2, 0) is 10.0 Å². The molecule has 0 amide bonds. The van der Waals surface area contributed by atoms with Crippen LogP contribution in [0.2, 0.25) is 0 Å². The average molecular weight is 259 g/mol. The fraction of sp³-hybridized carbons (Fsp3) is 0.727. The fourth-order valence-electron chi connectivity index (χ4n) is 1.64. The number of aryl methyl sites for hydroxylation is 2. The third-order valence-electron chi connectivity index (χ3n) is 2.75. The van der Waals surface area contributed by atoms with Crippen molar-refractivity contribution in [3.8, 4) is 0 Å². The first kappa shape index (κ1) is 14.2. The monoisotopic (exact) mass is 259 g/mol. The normalized spacial score (nSPS) is 12.6. The van der Waals surface area contributed by atoms with E-state index in [1.54, 1.807) is 20.9 Å². The third-order valence-corrected chi connectivity index (χ3v) is 4.87. The molecule has 1 aromatic rings. The molecule has 0 saturated carbocycles. The molecule has 0 spiro atoms. The molecule has 1 N–H and O–H groups in total. The molecule has 0 unspecified atom stereocenters. The molecular weight excluding hydrogens is 238 g/mol. The minimum Gasteiger partial charge on any atom is -0.281 e. The summed E-state index contributed by atoms with van der Waals surface area (Å²) < 4.78 is 26.0. The Labute approximate surface area is 103 Å². The van der Waals surface area contributed by atoms with Crippen LogP contribution in [0.15, 0.2) is 4.90 Å². The number of aromatic nitrogens is 2. The van der Waals surface area contributed by atoms with Gasteiger partial charge in [0, 0.05) is 13.6 Å². The molecule has 0 aliphatic rings. The van der Waals surface area contributed by atoms with E-state index in [1.165, 1.54) is 4.31 Å². The lowest BCUT2D eigenvalue weighted by molar-refractivity contribution is 0.427. The van der Waals surface area contributed by atoms with E-state index in [0.29, 0.717) is 28.7 Å². The summed E-state index contributed by atoms with van der Waals surface area (Å²) in [5, 5.41) is 6.64. The molecule has 0 aliphatic carbocycles. The largest absolute Gasteiger partial charge is 0.281 e. The van der Waals surface area contributed by atoms with Gasteiger partial charge in [0.1, 0.15) is 4.90 Å². The highest BCUT2D eigenvalue weighted by molar-refractivity contribution is 7.89. The highest BCUT2D eigenvalue weighted by Gasteiger charge is 2.26. The third kappa shape index (κ3) is 3.07. The van der Waals surface area contributed by atoms with E-state index in [-0.39, 0.29) is 0 Å². The number of rotatable bonds is 5. The van der Waals surface area contributed by atoms with Crippen molar-refractivity contribution in [1.82, 2.24) is 14.5 Å². The van der Waals surface area contributed by atoms with Gasteiger partial charge in [-0.25, -0.2) is 12.7 Å². The molecule has 0 bridgehead atoms. The second-order valence-corrected chi connectivity index (χ2v) is 6.75. The summed E-state index contributed by atoms with van der Waals surface area (Å²) in [4.78, 5) is 0.309. The van der Waals surface area contributed by atoms with Gasteiger partial charge in [-0.1, -0.05) is 13.8 Å². The van der Waals surface area contributed by atoms with E-state index in [0.717, 1.165) is 6.42 Å². The lowest BCUT2D eigenvalue weighted by Crippen LogP contribution is -2.29. The van der Waals surface area contributed by atoms with Crippen molar-refractivity contribution < 1.29 is 8.42 Å². The maximum absolute atomic E-state index is 12.3. The van der Waals surface area contributed by atoms with Crippen LogP contribution >= 0.6 is 0 Å². The Kier molecular flexibility index (Phi) is 4.32. The molecule has 17 heavy (non-hydrogen) atoms. The maximum Gasteiger partial charge on any atom is 0.246 e. The lowest BCUT2D eigenvalue weighted by Gasteiger charge is -2.18. The zero-order valence-electron chi connectivity index (χ0n) is 11.1. The molecule has 98 valence electrons. The molecule has 0 aliphatic heterocycles. The molecule has 5 nitrogen and oxygen atoms in total. The van der Waals surface area contributed by atoms with Crippen molar-refractivity contribution in [2.24, 2.45) is 5.92 Å². The topological polar surface area (TPSA) is 66.1 Å². The van der Waals surface area contributed by atoms with Crippen LogP contribution in [0.1, 0.15) is 31.7 Å². The van der Waals surface area contributed by atoms with Gasteiger partial charge in [-0.15, -0.1) is 0 Å². The van der Waals surface area contributed by atoms with Crippen molar-refractivity contribution in [3.05, 3.63) is 11.4 Å². The molecule has 1 heterocycles. The Hall–Kier alpha value is -0.880. The zero-order valence-corrected chi connectivity index (χ0v) is 11.9. The van der Waals surface area contributed by atoms with Crippen molar-refractivity contribution in [3.63, 3.8) is 0 Å². The number of hydrogen-bond acceptors (Lipinski definition) is 3. The van der Waals surface area contributed by atoms with Gasteiger partial charge in [-0.05, 0) is 26.2 Å². The molecule has 0 radical (unpaired) electrons. The average Bonchev–Trinajstić information content (AvgIpc) is 2.55. The SMILES string of the molecule is Cc1n[nH]c(C)c1S(=O)(=O)N(C)CCC(C)C. The Morgan fingerprint density at radius 1 is 1.35 bits per heavy atom. The smallest absolute Gasteiger partial charge is 0.246 e. The van der Waals surface area contributed by atoms with Crippen LogP contribution in [0.25, 0.3) is 0 Å². The molecule has 1 aromatic heterocycles. The van der Waals surface area contributed by atoms with Crippen LogP contribution in [-0.4, -0.2) is 36.5 Å². The van der Waals surface area contributed by atoms with E-state index in [9.17, 15) is 8.42 Å². The van der Waals surface area contributed by atoms with Crippen LogP contribution in [0.5, 0.6) is 0 Å². The summed E-state index contributed by atoms with van der Waals surface area (Å²) in [5.41, 5.74) is 1.12. The molecule has 0 fully saturated rings.